The first-order valence-corrected chi connectivity index (χ1v) is 4.75. The zero-order chi connectivity index (χ0) is 10.8. The maximum atomic E-state index is 11.7. The molecule has 0 saturated heterocycles. The number of fused-ring (bicyclic) bond motifs is 1. The largest absolute Gasteiger partial charge is 0.370 e. The molecule has 5 heteroatoms. The Morgan fingerprint density at radius 3 is 3.13 bits per heavy atom. The molecule has 0 aromatic carbocycles. The van der Waals surface area contributed by atoms with Gasteiger partial charge < -0.3 is 15.4 Å². The summed E-state index contributed by atoms with van der Waals surface area (Å²) in [5.41, 5.74) is 1.72. The van der Waals surface area contributed by atoms with Crippen molar-refractivity contribution < 1.29 is 9.53 Å². The van der Waals surface area contributed by atoms with Crippen LogP contribution in [0.25, 0.3) is 0 Å². The van der Waals surface area contributed by atoms with Crippen molar-refractivity contribution in [2.24, 2.45) is 0 Å². The Labute approximate surface area is 87.8 Å². The molecule has 2 rings (SSSR count). The number of carbonyl (C=O) groups excluding carboxylic acids is 1. The smallest absolute Gasteiger partial charge is 0.255 e. The normalized spacial score (nSPS) is 19.9. The first kappa shape index (κ1) is 9.92. The Kier molecular flexibility index (Phi) is 2.55. The number of carbonyl (C=O) groups is 1. The molecule has 15 heavy (non-hydrogen) atoms. The minimum Gasteiger partial charge on any atom is -0.370 e. The summed E-state index contributed by atoms with van der Waals surface area (Å²) >= 11 is 0. The number of nitrogens with one attached hydrogen (secondary N) is 2. The number of amides is 1. The molecule has 1 aliphatic heterocycles. The average molecular weight is 207 g/mol. The lowest BCUT2D eigenvalue weighted by atomic mass is 10.2. The first-order valence-electron chi connectivity index (χ1n) is 4.75. The van der Waals surface area contributed by atoms with Gasteiger partial charge in [-0.15, -0.1) is 0 Å². The van der Waals surface area contributed by atoms with E-state index in [4.69, 9.17) is 4.74 Å². The number of hydrogen-bond donors (Lipinski definition) is 2. The molecule has 1 unspecified atom stereocenters. The van der Waals surface area contributed by atoms with Gasteiger partial charge in [0, 0.05) is 13.3 Å². The van der Waals surface area contributed by atoms with E-state index in [-0.39, 0.29) is 5.91 Å². The minimum absolute atomic E-state index is 0.139. The van der Waals surface area contributed by atoms with Crippen molar-refractivity contribution in [2.45, 2.75) is 13.0 Å². The minimum atomic E-state index is -0.474. The molecule has 1 aliphatic rings. The van der Waals surface area contributed by atoms with Gasteiger partial charge in [0.2, 0.25) is 0 Å². The molecule has 2 heterocycles. The maximum Gasteiger partial charge on any atom is 0.255 e. The number of hydrogen-bond acceptors (Lipinski definition) is 4. The van der Waals surface area contributed by atoms with Crippen LogP contribution in [0, 0.1) is 6.92 Å². The third-order valence-electron chi connectivity index (χ3n) is 2.44. The predicted octanol–water partition coefficient (Wildman–Crippen LogP) is 0.769. The highest BCUT2D eigenvalue weighted by molar-refractivity contribution is 5.99. The molecule has 0 aliphatic carbocycles. The highest BCUT2D eigenvalue weighted by atomic mass is 16.5. The van der Waals surface area contributed by atoms with Crippen molar-refractivity contribution in [1.82, 2.24) is 4.98 Å². The summed E-state index contributed by atoms with van der Waals surface area (Å²) in [7, 11) is 1.52. The van der Waals surface area contributed by atoms with Crippen LogP contribution in [0.15, 0.2) is 12.3 Å². The molecule has 1 amide bonds. The third-order valence-corrected chi connectivity index (χ3v) is 2.44. The fourth-order valence-corrected chi connectivity index (χ4v) is 1.53. The van der Waals surface area contributed by atoms with Gasteiger partial charge in [-0.3, -0.25) is 4.79 Å². The van der Waals surface area contributed by atoms with E-state index in [0.717, 1.165) is 11.3 Å². The second kappa shape index (κ2) is 3.86. The van der Waals surface area contributed by atoms with Crippen molar-refractivity contribution in [3.63, 3.8) is 0 Å². The van der Waals surface area contributed by atoms with E-state index < -0.39 is 6.10 Å². The Morgan fingerprint density at radius 1 is 1.60 bits per heavy atom. The maximum absolute atomic E-state index is 11.7. The van der Waals surface area contributed by atoms with Crippen LogP contribution in [0.1, 0.15) is 5.56 Å². The molecule has 1 aromatic heterocycles. The van der Waals surface area contributed by atoms with Crippen molar-refractivity contribution in [3.8, 4) is 0 Å². The van der Waals surface area contributed by atoms with E-state index in [2.05, 4.69) is 15.6 Å². The summed E-state index contributed by atoms with van der Waals surface area (Å²) in [6, 6.07) is 1.86. The van der Waals surface area contributed by atoms with E-state index in [1.54, 1.807) is 6.20 Å². The zero-order valence-electron chi connectivity index (χ0n) is 8.70. The van der Waals surface area contributed by atoms with Crippen molar-refractivity contribution in [2.75, 3.05) is 24.3 Å². The van der Waals surface area contributed by atoms with Gasteiger partial charge in [0.25, 0.3) is 5.91 Å². The van der Waals surface area contributed by atoms with E-state index in [0.29, 0.717) is 12.4 Å². The number of rotatable bonds is 1. The highest BCUT2D eigenvalue weighted by Crippen LogP contribution is 2.25. The molecule has 1 aromatic rings. The Hall–Kier alpha value is -1.62. The van der Waals surface area contributed by atoms with Crippen LogP contribution in [0.3, 0.4) is 0 Å². The lowest BCUT2D eigenvalue weighted by Crippen LogP contribution is -2.32. The third kappa shape index (κ3) is 1.78. The molecule has 0 saturated carbocycles. The average Bonchev–Trinajstić information content (AvgIpc) is 2.38. The van der Waals surface area contributed by atoms with E-state index >= 15 is 0 Å². The first-order chi connectivity index (χ1) is 7.22. The molecule has 0 bridgehead atoms. The highest BCUT2D eigenvalue weighted by Gasteiger charge is 2.24. The molecule has 2 N–H and O–H groups in total. The SMILES string of the molecule is COC1CNc2nccc(C)c2NC1=O. The summed E-state index contributed by atoms with van der Waals surface area (Å²) in [5, 5.41) is 5.88. The summed E-state index contributed by atoms with van der Waals surface area (Å²) < 4.78 is 5.05. The number of methoxy groups -OCH3 is 1. The Bertz CT molecular complexity index is 392. The van der Waals surface area contributed by atoms with Crippen LogP contribution in [0.4, 0.5) is 11.5 Å². The van der Waals surface area contributed by atoms with Crippen molar-refractivity contribution in [1.29, 1.82) is 0 Å². The van der Waals surface area contributed by atoms with Crippen molar-refractivity contribution >= 4 is 17.4 Å². The summed E-state index contributed by atoms with van der Waals surface area (Å²) in [5.74, 6) is 0.558. The van der Waals surface area contributed by atoms with Crippen molar-refractivity contribution in [3.05, 3.63) is 17.8 Å². The molecular weight excluding hydrogens is 194 g/mol. The molecule has 5 nitrogen and oxygen atoms in total. The van der Waals surface area contributed by atoms with Crippen LogP contribution < -0.4 is 10.6 Å². The van der Waals surface area contributed by atoms with E-state index in [1.807, 2.05) is 13.0 Å². The number of nitrogens with zero attached hydrogens (tertiary/aromatic N) is 1. The molecule has 1 atom stereocenters. The zero-order valence-corrected chi connectivity index (χ0v) is 8.70. The predicted molar refractivity (Wildman–Crippen MR) is 56.9 cm³/mol. The summed E-state index contributed by atoms with van der Waals surface area (Å²) in [4.78, 5) is 15.8. The molecular formula is C10H13N3O2. The van der Waals surface area contributed by atoms with Crippen LogP contribution in [0.5, 0.6) is 0 Å². The lowest BCUT2D eigenvalue weighted by molar-refractivity contribution is -0.124. The van der Waals surface area contributed by atoms with Gasteiger partial charge in [0.05, 0.1) is 12.2 Å². The second-order valence-corrected chi connectivity index (χ2v) is 3.45. The van der Waals surface area contributed by atoms with Gasteiger partial charge in [-0.1, -0.05) is 0 Å². The quantitative estimate of drug-likeness (QED) is 0.714. The van der Waals surface area contributed by atoms with Crippen LogP contribution in [0.2, 0.25) is 0 Å². The Balaban J connectivity index is 2.36. The number of aromatic nitrogens is 1. The second-order valence-electron chi connectivity index (χ2n) is 3.45. The van der Waals surface area contributed by atoms with E-state index in [1.165, 1.54) is 7.11 Å². The van der Waals surface area contributed by atoms with Gasteiger partial charge in [-0.2, -0.15) is 0 Å². The van der Waals surface area contributed by atoms with Gasteiger partial charge >= 0.3 is 0 Å². The van der Waals surface area contributed by atoms with Crippen LogP contribution in [-0.4, -0.2) is 30.6 Å². The van der Waals surface area contributed by atoms with Crippen LogP contribution in [-0.2, 0) is 9.53 Å². The molecule has 0 fully saturated rings. The van der Waals surface area contributed by atoms with Gasteiger partial charge in [0.1, 0.15) is 5.82 Å². The lowest BCUT2D eigenvalue weighted by Gasteiger charge is -2.10. The topological polar surface area (TPSA) is 63.2 Å². The standard InChI is InChI=1S/C10H13N3O2/c1-6-3-4-11-9-8(6)13-10(14)7(15-2)5-12-9/h3-4,7H,5H2,1-2H3,(H,11,12)(H,13,14). The fourth-order valence-electron chi connectivity index (χ4n) is 1.53. The molecule has 0 radical (unpaired) electrons. The number of ether oxygens (including phenoxy) is 1. The summed E-state index contributed by atoms with van der Waals surface area (Å²) in [6.45, 7) is 2.36. The fraction of sp³-hybridized carbons (Fsp3) is 0.400. The van der Waals surface area contributed by atoms with Gasteiger partial charge in [0.15, 0.2) is 6.10 Å². The van der Waals surface area contributed by atoms with Gasteiger partial charge in [-0.25, -0.2) is 4.98 Å². The summed E-state index contributed by atoms with van der Waals surface area (Å²) in [6.07, 6.45) is 1.24. The molecule has 0 spiro atoms. The monoisotopic (exact) mass is 207 g/mol. The van der Waals surface area contributed by atoms with Crippen LogP contribution >= 0.6 is 0 Å². The van der Waals surface area contributed by atoms with E-state index in [9.17, 15) is 4.79 Å². The van der Waals surface area contributed by atoms with Gasteiger partial charge in [-0.05, 0) is 18.6 Å². The Morgan fingerprint density at radius 2 is 2.40 bits per heavy atom. The number of aryl methyl sites for hydroxylation is 1. The number of anilines is 2. The number of pyridine rings is 1. The molecule has 80 valence electrons.